The van der Waals surface area contributed by atoms with Gasteiger partial charge in [-0.15, -0.1) is 0 Å². The van der Waals surface area contributed by atoms with Crippen molar-refractivity contribution in [2.24, 2.45) is 0 Å². The van der Waals surface area contributed by atoms with Crippen LogP contribution in [0.4, 0.5) is 4.79 Å². The van der Waals surface area contributed by atoms with Crippen molar-refractivity contribution in [3.63, 3.8) is 0 Å². The standard InChI is InChI=1S/C51H69N7O11/c1-6-8-20-40(56-48(65)42(58-50(67)69-51(3,4)5)28-33-23-25-36(59)26-24-33)46(63)53-32-44(60)55-43(29-34-31-52-39-22-14-13-19-38(34)39)49(66)57-41(21-9-7-2)47(64)54-35(30-45(61)62)16-15-27-68-37-17-11-10-12-18-37/h10-14,17-19,22-26,31,35,40-43,52,59H,6-9,15-16,20-21,27-30,32H2,1-5H3,(H,53,63)(H,54,64)(H,55,60)(H,56,65)(H,57,66)(H,58,67)(H,61,62)/t35-,40+,41+,42+,43-/m1/s1. The van der Waals surface area contributed by atoms with Gasteiger partial charge >= 0.3 is 12.1 Å². The maximum Gasteiger partial charge on any atom is 0.408 e. The maximum absolute atomic E-state index is 14.3. The second kappa shape index (κ2) is 27.6. The van der Waals surface area contributed by atoms with Gasteiger partial charge in [0.05, 0.1) is 19.6 Å². The smallest absolute Gasteiger partial charge is 0.408 e. The molecule has 18 heteroatoms. The monoisotopic (exact) mass is 956 g/mol. The highest BCUT2D eigenvalue weighted by molar-refractivity contribution is 5.96. The number of benzene rings is 3. The average molecular weight is 956 g/mol. The molecule has 0 aliphatic carbocycles. The number of fused-ring (bicyclic) bond motifs is 1. The number of amides is 6. The number of carbonyl (C=O) groups excluding carboxylic acids is 6. The van der Waals surface area contributed by atoms with E-state index in [1.807, 2.05) is 68.4 Å². The first kappa shape index (κ1) is 54.5. The summed E-state index contributed by atoms with van der Waals surface area (Å²) in [5.41, 5.74) is 1.26. The van der Waals surface area contributed by atoms with Crippen LogP contribution in [0.2, 0.25) is 0 Å². The van der Waals surface area contributed by atoms with E-state index in [1.54, 1.807) is 39.1 Å². The maximum atomic E-state index is 14.3. The van der Waals surface area contributed by atoms with Gasteiger partial charge in [-0.1, -0.05) is 88.1 Å². The molecule has 0 spiro atoms. The number of aromatic nitrogens is 1. The normalized spacial score (nSPS) is 13.4. The van der Waals surface area contributed by atoms with Crippen LogP contribution in [-0.4, -0.2) is 106 Å². The molecule has 5 atom stereocenters. The predicted molar refractivity (Wildman–Crippen MR) is 260 cm³/mol. The summed E-state index contributed by atoms with van der Waals surface area (Å²) in [5, 5.41) is 36.5. The van der Waals surface area contributed by atoms with Gasteiger partial charge in [-0.2, -0.15) is 0 Å². The van der Waals surface area contributed by atoms with E-state index in [0.29, 0.717) is 62.0 Å². The molecule has 0 saturated carbocycles. The molecule has 0 bridgehead atoms. The molecule has 0 aliphatic heterocycles. The van der Waals surface area contributed by atoms with E-state index in [9.17, 15) is 43.8 Å². The van der Waals surface area contributed by atoms with Gasteiger partial charge in [0.15, 0.2) is 0 Å². The number of aliphatic carboxylic acids is 1. The summed E-state index contributed by atoms with van der Waals surface area (Å²) < 4.78 is 11.2. The van der Waals surface area contributed by atoms with Crippen LogP contribution < -0.4 is 36.6 Å². The Labute approximate surface area is 403 Å². The molecule has 1 aromatic heterocycles. The minimum absolute atomic E-state index is 0.00293. The Hall–Kier alpha value is -7.11. The molecule has 0 saturated heterocycles. The van der Waals surface area contributed by atoms with Crippen molar-refractivity contribution in [1.29, 1.82) is 0 Å². The molecule has 0 radical (unpaired) electrons. The summed E-state index contributed by atoms with van der Waals surface area (Å²) >= 11 is 0. The largest absolute Gasteiger partial charge is 0.508 e. The van der Waals surface area contributed by atoms with Crippen LogP contribution in [-0.2, 0) is 46.3 Å². The van der Waals surface area contributed by atoms with Crippen molar-refractivity contribution < 1.29 is 53.2 Å². The molecule has 3 aromatic carbocycles. The fraction of sp³-hybridized carbons (Fsp3) is 0.471. The first-order valence-electron chi connectivity index (χ1n) is 23.6. The lowest BCUT2D eigenvalue weighted by Crippen LogP contribution is -2.57. The van der Waals surface area contributed by atoms with Gasteiger partial charge in [0.25, 0.3) is 0 Å². The first-order valence-corrected chi connectivity index (χ1v) is 23.6. The number of H-pyrrole nitrogens is 1. The third kappa shape index (κ3) is 19.6. The Bertz CT molecular complexity index is 2300. The van der Waals surface area contributed by atoms with Crippen LogP contribution in [0.25, 0.3) is 10.9 Å². The summed E-state index contributed by atoms with van der Waals surface area (Å²) in [5.74, 6) is -3.74. The number of ether oxygens (including phenoxy) is 2. The number of hydrogen-bond acceptors (Lipinski definition) is 10. The number of phenols is 1. The van der Waals surface area contributed by atoms with Crippen LogP contribution >= 0.6 is 0 Å². The van der Waals surface area contributed by atoms with Crippen LogP contribution in [0, 0.1) is 0 Å². The molecular formula is C51H69N7O11. The number of aromatic hydroxyl groups is 1. The first-order chi connectivity index (χ1) is 32.9. The topological polar surface area (TPSA) is 266 Å². The molecular weight excluding hydrogens is 887 g/mol. The molecule has 6 amide bonds. The van der Waals surface area contributed by atoms with E-state index in [1.165, 1.54) is 12.1 Å². The number of hydrogen-bond donors (Lipinski definition) is 9. The third-order valence-corrected chi connectivity index (χ3v) is 11.0. The van der Waals surface area contributed by atoms with Crippen molar-refractivity contribution in [3.8, 4) is 11.5 Å². The number of carbonyl (C=O) groups is 7. The molecule has 0 unspecified atom stereocenters. The van der Waals surface area contributed by atoms with E-state index in [-0.39, 0.29) is 37.9 Å². The quantitative estimate of drug-likeness (QED) is 0.0329. The number of carboxylic acid groups (broad SMARTS) is 1. The van der Waals surface area contributed by atoms with Gasteiger partial charge in [0, 0.05) is 36.0 Å². The minimum atomic E-state index is -1.23. The van der Waals surface area contributed by atoms with E-state index in [0.717, 1.165) is 10.9 Å². The second-order valence-electron chi connectivity index (χ2n) is 18.0. The van der Waals surface area contributed by atoms with Crippen LogP contribution in [0.3, 0.4) is 0 Å². The van der Waals surface area contributed by atoms with Crippen LogP contribution in [0.5, 0.6) is 11.5 Å². The molecule has 374 valence electrons. The highest BCUT2D eigenvalue weighted by atomic mass is 16.6. The molecule has 1 heterocycles. The van der Waals surface area contributed by atoms with Crippen molar-refractivity contribution in [2.45, 2.75) is 141 Å². The Kier molecular flexibility index (Phi) is 21.8. The summed E-state index contributed by atoms with van der Waals surface area (Å²) in [6.45, 7) is 8.60. The summed E-state index contributed by atoms with van der Waals surface area (Å²) in [7, 11) is 0. The SMILES string of the molecule is CCCC[C@H](NC(=O)[C@H](Cc1ccc(O)cc1)NC(=O)OC(C)(C)C)C(=O)NCC(=O)N[C@H](Cc1c[nH]c2ccccc12)C(=O)N[C@@H](CCCC)C(=O)N[C@H](CCCOc1ccccc1)CC(=O)O. The molecule has 4 rings (SSSR count). The Morgan fingerprint density at radius 2 is 1.25 bits per heavy atom. The van der Waals surface area contributed by atoms with E-state index in [2.05, 4.69) is 36.9 Å². The zero-order chi connectivity index (χ0) is 50.3. The molecule has 18 nitrogen and oxygen atoms in total. The summed E-state index contributed by atoms with van der Waals surface area (Å²) in [4.78, 5) is 97.2. The summed E-state index contributed by atoms with van der Waals surface area (Å²) in [6.07, 6.45) is 4.21. The van der Waals surface area contributed by atoms with E-state index < -0.39 is 84.0 Å². The zero-order valence-electron chi connectivity index (χ0n) is 40.2. The lowest BCUT2D eigenvalue weighted by atomic mass is 10.0. The number of carboxylic acids is 1. The second-order valence-corrected chi connectivity index (χ2v) is 18.0. The zero-order valence-corrected chi connectivity index (χ0v) is 40.2. The number of phenolic OH excluding ortho intramolecular Hbond substituents is 1. The van der Waals surface area contributed by atoms with Crippen molar-refractivity contribution in [1.82, 2.24) is 36.9 Å². The van der Waals surface area contributed by atoms with Gasteiger partial charge in [0.2, 0.25) is 29.5 Å². The van der Waals surface area contributed by atoms with Gasteiger partial charge in [-0.3, -0.25) is 28.8 Å². The van der Waals surface area contributed by atoms with Gasteiger partial charge < -0.3 is 56.6 Å². The Morgan fingerprint density at radius 1 is 0.652 bits per heavy atom. The molecule has 0 aliphatic rings. The number of para-hydroxylation sites is 2. The van der Waals surface area contributed by atoms with Crippen molar-refractivity contribution in [2.75, 3.05) is 13.2 Å². The fourth-order valence-electron chi connectivity index (χ4n) is 7.47. The number of unbranched alkanes of at least 4 members (excludes halogenated alkanes) is 2. The number of rotatable bonds is 28. The predicted octanol–water partition coefficient (Wildman–Crippen LogP) is 5.32. The minimum Gasteiger partial charge on any atom is -0.508 e. The van der Waals surface area contributed by atoms with E-state index in [4.69, 9.17) is 9.47 Å². The molecule has 0 fully saturated rings. The van der Waals surface area contributed by atoms with E-state index >= 15 is 0 Å². The van der Waals surface area contributed by atoms with Gasteiger partial charge in [0.1, 0.15) is 41.3 Å². The molecule has 9 N–H and O–H groups in total. The van der Waals surface area contributed by atoms with Crippen molar-refractivity contribution in [3.05, 3.63) is 96.2 Å². The lowest BCUT2D eigenvalue weighted by Gasteiger charge is -2.26. The summed E-state index contributed by atoms with van der Waals surface area (Å²) in [6, 6.07) is 17.3. The Morgan fingerprint density at radius 3 is 1.87 bits per heavy atom. The van der Waals surface area contributed by atoms with Crippen molar-refractivity contribution >= 4 is 52.5 Å². The van der Waals surface area contributed by atoms with Crippen LogP contribution in [0.1, 0.15) is 104 Å². The number of nitrogens with one attached hydrogen (secondary N) is 7. The average Bonchev–Trinajstić information content (AvgIpc) is 3.71. The highest BCUT2D eigenvalue weighted by Crippen LogP contribution is 2.20. The highest BCUT2D eigenvalue weighted by Gasteiger charge is 2.31. The van der Waals surface area contributed by atoms with Crippen LogP contribution in [0.15, 0.2) is 85.1 Å². The third-order valence-electron chi connectivity index (χ3n) is 11.0. The van der Waals surface area contributed by atoms with Gasteiger partial charge in [-0.05, 0) is 87.9 Å². The number of alkyl carbamates (subject to hydrolysis) is 1. The fourth-order valence-corrected chi connectivity index (χ4v) is 7.47. The molecule has 4 aromatic rings. The number of aromatic amines is 1. The van der Waals surface area contributed by atoms with Gasteiger partial charge in [-0.25, -0.2) is 4.79 Å². The lowest BCUT2D eigenvalue weighted by molar-refractivity contribution is -0.138. The Balaban J connectivity index is 1.48. The molecule has 69 heavy (non-hydrogen) atoms.